The van der Waals surface area contributed by atoms with E-state index >= 15 is 0 Å². The molecule has 0 unspecified atom stereocenters. The van der Waals surface area contributed by atoms with Crippen LogP contribution in [-0.4, -0.2) is 10.7 Å². The smallest absolute Gasteiger partial charge is 0.126 e. The van der Waals surface area contributed by atoms with E-state index < -0.39 is 5.60 Å². The lowest BCUT2D eigenvalue weighted by molar-refractivity contribution is -0.0250. The first kappa shape index (κ1) is 14.5. The van der Waals surface area contributed by atoms with Crippen molar-refractivity contribution in [3.8, 4) is 0 Å². The molecule has 1 fully saturated rings. The highest BCUT2D eigenvalue weighted by atomic mass is 19.1. The molecule has 0 aliphatic heterocycles. The van der Waals surface area contributed by atoms with Crippen molar-refractivity contribution in [3.05, 3.63) is 35.6 Å². The van der Waals surface area contributed by atoms with Gasteiger partial charge in [0.2, 0.25) is 0 Å². The zero-order valence-electron chi connectivity index (χ0n) is 12.2. The van der Waals surface area contributed by atoms with E-state index in [2.05, 4.69) is 20.8 Å². The summed E-state index contributed by atoms with van der Waals surface area (Å²) in [5.74, 6) is 0.460. The molecule has 1 N–H and O–H groups in total. The Morgan fingerprint density at radius 3 is 2.32 bits per heavy atom. The van der Waals surface area contributed by atoms with E-state index in [-0.39, 0.29) is 5.82 Å². The van der Waals surface area contributed by atoms with Crippen LogP contribution in [-0.2, 0) is 6.42 Å². The number of aliphatic hydroxyl groups is 1. The van der Waals surface area contributed by atoms with Crippen molar-refractivity contribution in [2.24, 2.45) is 11.3 Å². The first-order chi connectivity index (χ1) is 8.80. The fourth-order valence-electron chi connectivity index (χ4n) is 3.19. The first-order valence-electron chi connectivity index (χ1n) is 7.26. The summed E-state index contributed by atoms with van der Waals surface area (Å²) >= 11 is 0. The summed E-state index contributed by atoms with van der Waals surface area (Å²) in [6.07, 6.45) is 4.08. The fraction of sp³-hybridized carbons (Fsp3) is 0.647. The lowest BCUT2D eigenvalue weighted by atomic mass is 9.67. The number of halogens is 1. The Morgan fingerprint density at radius 1 is 1.21 bits per heavy atom. The molecule has 1 nitrogen and oxygen atoms in total. The van der Waals surface area contributed by atoms with Gasteiger partial charge in [-0.25, -0.2) is 4.39 Å². The van der Waals surface area contributed by atoms with Gasteiger partial charge in [-0.2, -0.15) is 0 Å². The summed E-state index contributed by atoms with van der Waals surface area (Å²) in [7, 11) is 0. The van der Waals surface area contributed by atoms with E-state index in [9.17, 15) is 9.50 Å². The summed E-state index contributed by atoms with van der Waals surface area (Å²) < 4.78 is 13.7. The Balaban J connectivity index is 2.01. The maximum Gasteiger partial charge on any atom is 0.126 e. The number of rotatable bonds is 2. The molecule has 19 heavy (non-hydrogen) atoms. The summed E-state index contributed by atoms with van der Waals surface area (Å²) in [6.45, 7) is 6.79. The van der Waals surface area contributed by atoms with Gasteiger partial charge in [0.1, 0.15) is 5.82 Å². The largest absolute Gasteiger partial charge is 0.390 e. The van der Waals surface area contributed by atoms with E-state index in [4.69, 9.17) is 0 Å². The molecule has 0 amide bonds. The van der Waals surface area contributed by atoms with Crippen LogP contribution in [0.1, 0.15) is 52.0 Å². The van der Waals surface area contributed by atoms with Gasteiger partial charge in [-0.1, -0.05) is 39.0 Å². The van der Waals surface area contributed by atoms with E-state index in [1.54, 1.807) is 12.1 Å². The van der Waals surface area contributed by atoms with Gasteiger partial charge >= 0.3 is 0 Å². The van der Waals surface area contributed by atoms with Gasteiger partial charge in [-0.15, -0.1) is 0 Å². The summed E-state index contributed by atoms with van der Waals surface area (Å²) in [5.41, 5.74) is 0.225. The van der Waals surface area contributed by atoms with E-state index in [1.165, 1.54) is 6.07 Å². The van der Waals surface area contributed by atoms with Crippen LogP contribution >= 0.6 is 0 Å². The van der Waals surface area contributed by atoms with Crippen LogP contribution in [0.5, 0.6) is 0 Å². The van der Waals surface area contributed by atoms with Gasteiger partial charge in [0.15, 0.2) is 0 Å². The van der Waals surface area contributed by atoms with Gasteiger partial charge in [0, 0.05) is 6.42 Å². The van der Waals surface area contributed by atoms with Gasteiger partial charge in [0.05, 0.1) is 5.60 Å². The Morgan fingerprint density at radius 2 is 1.79 bits per heavy atom. The highest BCUT2D eigenvalue weighted by Gasteiger charge is 2.37. The molecule has 1 saturated carbocycles. The molecule has 0 atom stereocenters. The first-order valence-corrected chi connectivity index (χ1v) is 7.26. The predicted octanol–water partition coefficient (Wildman–Crippen LogP) is 4.34. The quantitative estimate of drug-likeness (QED) is 0.842. The van der Waals surface area contributed by atoms with Crippen LogP contribution in [0.2, 0.25) is 0 Å². The maximum absolute atomic E-state index is 13.7. The Kier molecular flexibility index (Phi) is 4.00. The lowest BCUT2D eigenvalue weighted by Crippen LogP contribution is -2.39. The highest BCUT2D eigenvalue weighted by Crippen LogP contribution is 2.42. The second kappa shape index (κ2) is 5.24. The summed E-state index contributed by atoms with van der Waals surface area (Å²) in [6, 6.07) is 6.78. The second-order valence-electron chi connectivity index (χ2n) is 7.13. The van der Waals surface area contributed by atoms with Crippen molar-refractivity contribution in [1.82, 2.24) is 0 Å². The predicted molar refractivity (Wildman–Crippen MR) is 76.5 cm³/mol. The van der Waals surface area contributed by atoms with Crippen LogP contribution in [0.3, 0.4) is 0 Å². The van der Waals surface area contributed by atoms with Gasteiger partial charge in [-0.3, -0.25) is 0 Å². The van der Waals surface area contributed by atoms with Crippen molar-refractivity contribution in [2.75, 3.05) is 0 Å². The van der Waals surface area contributed by atoms with Crippen molar-refractivity contribution >= 4 is 0 Å². The average molecular weight is 264 g/mol. The van der Waals surface area contributed by atoms with Crippen LogP contribution in [0.15, 0.2) is 24.3 Å². The number of benzene rings is 1. The Labute approximate surface area is 115 Å². The normalized spacial score (nSPS) is 28.4. The Bertz CT molecular complexity index is 425. The SMILES string of the molecule is CC(C)(C)C1CCC(O)(Cc2ccccc2F)CC1. The molecule has 1 aliphatic carbocycles. The van der Waals surface area contributed by atoms with Gasteiger partial charge in [0.25, 0.3) is 0 Å². The van der Waals surface area contributed by atoms with Crippen molar-refractivity contribution in [1.29, 1.82) is 0 Å². The molecule has 0 heterocycles. The third-order valence-electron chi connectivity index (χ3n) is 4.62. The number of hydrogen-bond acceptors (Lipinski definition) is 1. The van der Waals surface area contributed by atoms with Crippen LogP contribution in [0.25, 0.3) is 0 Å². The van der Waals surface area contributed by atoms with E-state index in [0.29, 0.717) is 23.3 Å². The summed E-state index contributed by atoms with van der Waals surface area (Å²) in [4.78, 5) is 0. The molecule has 0 bridgehead atoms. The minimum Gasteiger partial charge on any atom is -0.390 e. The average Bonchev–Trinajstić information content (AvgIpc) is 2.31. The third-order valence-corrected chi connectivity index (χ3v) is 4.62. The molecule has 1 aliphatic rings. The van der Waals surface area contributed by atoms with Crippen molar-refractivity contribution in [3.63, 3.8) is 0 Å². The van der Waals surface area contributed by atoms with Crippen LogP contribution in [0, 0.1) is 17.2 Å². The number of hydrogen-bond donors (Lipinski definition) is 1. The molecule has 2 rings (SSSR count). The topological polar surface area (TPSA) is 20.2 Å². The molecule has 0 radical (unpaired) electrons. The van der Waals surface area contributed by atoms with Crippen LogP contribution in [0.4, 0.5) is 4.39 Å². The molecular formula is C17H25FO. The van der Waals surface area contributed by atoms with Gasteiger partial charge in [-0.05, 0) is 48.6 Å². The lowest BCUT2D eigenvalue weighted by Gasteiger charge is -2.41. The Hall–Kier alpha value is -0.890. The standard InChI is InChI=1S/C17H25FO/c1-16(2,3)14-8-10-17(19,11-9-14)12-13-6-4-5-7-15(13)18/h4-7,14,19H,8-12H2,1-3H3. The molecule has 0 saturated heterocycles. The molecule has 1 aromatic rings. The molecule has 2 heteroatoms. The fourth-order valence-corrected chi connectivity index (χ4v) is 3.19. The molecule has 0 aromatic heterocycles. The molecule has 0 spiro atoms. The highest BCUT2D eigenvalue weighted by molar-refractivity contribution is 5.19. The molecule has 106 valence electrons. The minimum atomic E-state index is -0.718. The van der Waals surface area contributed by atoms with E-state index in [1.807, 2.05) is 6.07 Å². The molecule has 1 aromatic carbocycles. The summed E-state index contributed by atoms with van der Waals surface area (Å²) in [5, 5.41) is 10.7. The maximum atomic E-state index is 13.7. The van der Waals surface area contributed by atoms with Crippen LogP contribution < -0.4 is 0 Å². The van der Waals surface area contributed by atoms with Gasteiger partial charge < -0.3 is 5.11 Å². The zero-order valence-corrected chi connectivity index (χ0v) is 12.2. The van der Waals surface area contributed by atoms with Crippen molar-refractivity contribution in [2.45, 2.75) is 58.5 Å². The van der Waals surface area contributed by atoms with E-state index in [0.717, 1.165) is 25.7 Å². The third kappa shape index (κ3) is 3.56. The monoisotopic (exact) mass is 264 g/mol. The van der Waals surface area contributed by atoms with Crippen molar-refractivity contribution < 1.29 is 9.50 Å². The zero-order chi connectivity index (χ0) is 14.1. The minimum absolute atomic E-state index is 0.200. The molecular weight excluding hydrogens is 239 g/mol. The second-order valence-corrected chi connectivity index (χ2v) is 7.13.